The molecule has 0 radical (unpaired) electrons. The highest BCUT2D eigenvalue weighted by atomic mass is 16.7. The van der Waals surface area contributed by atoms with Crippen molar-refractivity contribution in [3.05, 3.63) is 47.7 Å². The second kappa shape index (κ2) is 7.01. The molecule has 2 aromatic rings. The van der Waals surface area contributed by atoms with Crippen molar-refractivity contribution in [2.45, 2.75) is 25.6 Å². The summed E-state index contributed by atoms with van der Waals surface area (Å²) < 4.78 is 11.4. The van der Waals surface area contributed by atoms with Gasteiger partial charge < -0.3 is 19.7 Å². The van der Waals surface area contributed by atoms with Gasteiger partial charge >= 0.3 is 0 Å². The van der Waals surface area contributed by atoms with Gasteiger partial charge in [0.1, 0.15) is 0 Å². The fraction of sp³-hybridized carbons (Fsp3) is 0.421. The fourth-order valence-electron chi connectivity index (χ4n) is 3.36. The van der Waals surface area contributed by atoms with Crippen molar-refractivity contribution in [2.24, 2.45) is 0 Å². The zero-order valence-corrected chi connectivity index (χ0v) is 14.8. The predicted molar refractivity (Wildman–Crippen MR) is 96.3 cm³/mol. The van der Waals surface area contributed by atoms with E-state index in [1.54, 1.807) is 17.0 Å². The quantitative estimate of drug-likeness (QED) is 0.913. The number of hydrogen-bond donors (Lipinski definition) is 1. The number of aryl methyl sites for hydroxylation is 1. The van der Waals surface area contributed by atoms with Crippen LogP contribution < -0.4 is 5.32 Å². The number of ether oxygens (including phenoxy) is 2. The van der Waals surface area contributed by atoms with E-state index >= 15 is 0 Å². The number of para-hydroxylation sites is 1. The Morgan fingerprint density at radius 2 is 1.81 bits per heavy atom. The normalized spacial score (nSPS) is 18.9. The van der Waals surface area contributed by atoms with Crippen molar-refractivity contribution < 1.29 is 14.3 Å². The minimum absolute atomic E-state index is 0.104. The first-order chi connectivity index (χ1) is 12.7. The highest BCUT2D eigenvalue weighted by Crippen LogP contribution is 2.31. The van der Waals surface area contributed by atoms with Gasteiger partial charge in [-0.1, -0.05) is 18.2 Å². The van der Waals surface area contributed by atoms with Crippen LogP contribution in [0.1, 0.15) is 28.9 Å². The van der Waals surface area contributed by atoms with E-state index in [1.807, 2.05) is 31.2 Å². The van der Waals surface area contributed by atoms with Crippen molar-refractivity contribution in [1.82, 2.24) is 15.1 Å². The first-order valence-electron chi connectivity index (χ1n) is 8.89. The monoisotopic (exact) mass is 354 g/mol. The fourth-order valence-corrected chi connectivity index (χ4v) is 3.36. The number of hydrogen-bond acceptors (Lipinski definition) is 6. The van der Waals surface area contributed by atoms with E-state index in [1.165, 1.54) is 0 Å². The Hall–Kier alpha value is -2.51. The van der Waals surface area contributed by atoms with E-state index in [2.05, 4.69) is 15.5 Å². The smallest absolute Gasteiger partial charge is 0.274 e. The third-order valence-corrected chi connectivity index (χ3v) is 4.92. The van der Waals surface area contributed by atoms with Gasteiger partial charge in [-0.3, -0.25) is 4.79 Å². The Labute approximate surface area is 152 Å². The molecule has 136 valence electrons. The molecule has 0 saturated carbocycles. The zero-order chi connectivity index (χ0) is 18.0. The number of benzene rings is 1. The molecule has 0 unspecified atom stereocenters. The molecular formula is C19H22N4O3. The largest absolute Gasteiger partial charge is 0.347 e. The second-order valence-electron chi connectivity index (χ2n) is 6.64. The van der Waals surface area contributed by atoms with Gasteiger partial charge in [0.15, 0.2) is 17.3 Å². The van der Waals surface area contributed by atoms with Crippen LogP contribution in [0.15, 0.2) is 36.4 Å². The summed E-state index contributed by atoms with van der Waals surface area (Å²) in [5.74, 6) is 0.0260. The molecule has 26 heavy (non-hydrogen) atoms. The van der Waals surface area contributed by atoms with Crippen LogP contribution in [0.2, 0.25) is 0 Å². The van der Waals surface area contributed by atoms with Gasteiger partial charge in [-0.05, 0) is 30.7 Å². The average molecular weight is 354 g/mol. The van der Waals surface area contributed by atoms with Crippen LogP contribution in [0.5, 0.6) is 0 Å². The van der Waals surface area contributed by atoms with Crippen molar-refractivity contribution in [3.63, 3.8) is 0 Å². The summed E-state index contributed by atoms with van der Waals surface area (Å²) in [6.07, 6.45) is 1.39. The van der Waals surface area contributed by atoms with Gasteiger partial charge in [0.2, 0.25) is 0 Å². The maximum Gasteiger partial charge on any atom is 0.274 e. The van der Waals surface area contributed by atoms with Crippen molar-refractivity contribution in [2.75, 3.05) is 31.6 Å². The van der Waals surface area contributed by atoms with Crippen LogP contribution in [0.3, 0.4) is 0 Å². The van der Waals surface area contributed by atoms with Crippen molar-refractivity contribution in [3.8, 4) is 0 Å². The van der Waals surface area contributed by atoms with Gasteiger partial charge in [0.05, 0.1) is 13.2 Å². The lowest BCUT2D eigenvalue weighted by atomic mass is 10.0. The molecule has 2 saturated heterocycles. The lowest BCUT2D eigenvalue weighted by molar-refractivity contribution is -0.181. The number of aromatic nitrogens is 2. The number of nitrogens with one attached hydrogen (secondary N) is 1. The minimum Gasteiger partial charge on any atom is -0.347 e. The van der Waals surface area contributed by atoms with Crippen LogP contribution in [0.25, 0.3) is 0 Å². The van der Waals surface area contributed by atoms with Gasteiger partial charge in [-0.25, -0.2) is 0 Å². The second-order valence-corrected chi connectivity index (χ2v) is 6.64. The molecule has 0 atom stereocenters. The number of amides is 1. The molecule has 7 heteroatoms. The van der Waals surface area contributed by atoms with Gasteiger partial charge in [0.25, 0.3) is 5.91 Å². The topological polar surface area (TPSA) is 76.6 Å². The van der Waals surface area contributed by atoms with Crippen molar-refractivity contribution in [1.29, 1.82) is 0 Å². The van der Waals surface area contributed by atoms with E-state index in [9.17, 15) is 4.79 Å². The van der Waals surface area contributed by atoms with Crippen LogP contribution in [-0.2, 0) is 9.47 Å². The standard InChI is InChI=1S/C19H22N4O3/c1-14-4-2-3-5-15(14)20-17-7-6-16(21-22-17)18(24)23-10-8-19(9-11-23)25-12-13-26-19/h2-7H,8-13H2,1H3,(H,20,22). The molecule has 1 spiro atoms. The summed E-state index contributed by atoms with van der Waals surface area (Å²) in [4.78, 5) is 14.4. The van der Waals surface area contributed by atoms with Gasteiger partial charge in [0, 0.05) is 31.6 Å². The van der Waals surface area contributed by atoms with E-state index in [-0.39, 0.29) is 5.91 Å². The Kier molecular flexibility index (Phi) is 4.57. The summed E-state index contributed by atoms with van der Waals surface area (Å²) in [7, 11) is 0. The molecule has 0 bridgehead atoms. The predicted octanol–water partition coefficient (Wildman–Crippen LogP) is 2.51. The van der Waals surface area contributed by atoms with Crippen molar-refractivity contribution >= 4 is 17.4 Å². The SMILES string of the molecule is Cc1ccccc1Nc1ccc(C(=O)N2CCC3(CC2)OCCO3)nn1. The lowest BCUT2D eigenvalue weighted by Crippen LogP contribution is -2.47. The molecule has 2 aliphatic rings. The minimum atomic E-state index is -0.482. The third-order valence-electron chi connectivity index (χ3n) is 4.92. The van der Waals surface area contributed by atoms with Gasteiger partial charge in [-0.15, -0.1) is 10.2 Å². The van der Waals surface area contributed by atoms with E-state index < -0.39 is 5.79 Å². The molecule has 1 amide bonds. The first kappa shape index (κ1) is 16.9. The molecule has 0 aliphatic carbocycles. The van der Waals surface area contributed by atoms with Crippen LogP contribution in [0, 0.1) is 6.92 Å². The Balaban J connectivity index is 1.39. The summed E-state index contributed by atoms with van der Waals surface area (Å²) >= 11 is 0. The maximum absolute atomic E-state index is 12.6. The Morgan fingerprint density at radius 1 is 1.08 bits per heavy atom. The molecule has 3 heterocycles. The molecular weight excluding hydrogens is 332 g/mol. The molecule has 1 aromatic carbocycles. The lowest BCUT2D eigenvalue weighted by Gasteiger charge is -2.37. The number of piperidine rings is 1. The summed E-state index contributed by atoms with van der Waals surface area (Å²) in [6, 6.07) is 11.4. The summed E-state index contributed by atoms with van der Waals surface area (Å²) in [6.45, 7) is 4.49. The number of likely N-dealkylation sites (tertiary alicyclic amines) is 1. The van der Waals surface area contributed by atoms with E-state index in [4.69, 9.17) is 9.47 Å². The van der Waals surface area contributed by atoms with Gasteiger partial charge in [-0.2, -0.15) is 0 Å². The molecule has 1 aromatic heterocycles. The molecule has 4 rings (SSSR count). The number of carbonyl (C=O) groups excluding carboxylic acids is 1. The third kappa shape index (κ3) is 3.40. The summed E-state index contributed by atoms with van der Waals surface area (Å²) in [5.41, 5.74) is 2.44. The highest BCUT2D eigenvalue weighted by molar-refractivity contribution is 5.92. The van der Waals surface area contributed by atoms with Crippen LogP contribution in [-0.4, -0.2) is 53.1 Å². The molecule has 7 nitrogen and oxygen atoms in total. The van der Waals surface area contributed by atoms with Crippen LogP contribution >= 0.6 is 0 Å². The number of rotatable bonds is 3. The highest BCUT2D eigenvalue weighted by Gasteiger charge is 2.41. The number of nitrogens with zero attached hydrogens (tertiary/aromatic N) is 3. The zero-order valence-electron chi connectivity index (χ0n) is 14.8. The molecule has 2 aliphatic heterocycles. The van der Waals surface area contributed by atoms with E-state index in [0.717, 1.165) is 11.3 Å². The van der Waals surface area contributed by atoms with Crippen LogP contribution in [0.4, 0.5) is 11.5 Å². The Bertz CT molecular complexity index is 778. The molecule has 2 fully saturated rings. The first-order valence-corrected chi connectivity index (χ1v) is 8.89. The summed E-state index contributed by atoms with van der Waals surface area (Å²) in [5, 5.41) is 11.5. The average Bonchev–Trinajstić information content (AvgIpc) is 3.12. The molecule has 1 N–H and O–H groups in total. The maximum atomic E-state index is 12.6. The number of carbonyl (C=O) groups is 1. The number of anilines is 2. The Morgan fingerprint density at radius 3 is 2.46 bits per heavy atom. The van der Waals surface area contributed by atoms with E-state index in [0.29, 0.717) is 50.7 Å².